The number of hydrogen-bond acceptors (Lipinski definition) is 6. The van der Waals surface area contributed by atoms with Crippen molar-refractivity contribution in [1.82, 2.24) is 25.1 Å². The van der Waals surface area contributed by atoms with E-state index in [0.29, 0.717) is 5.95 Å². The van der Waals surface area contributed by atoms with E-state index in [9.17, 15) is 13.2 Å². The number of hydrogen-bond donors (Lipinski definition) is 2. The molecule has 0 atom stereocenters. The lowest BCUT2D eigenvalue weighted by Gasteiger charge is -2.32. The van der Waals surface area contributed by atoms with Crippen LogP contribution in [0.25, 0.3) is 10.9 Å². The van der Waals surface area contributed by atoms with Crippen molar-refractivity contribution in [3.05, 3.63) is 72.1 Å². The Bertz CT molecular complexity index is 1250. The van der Waals surface area contributed by atoms with Crippen LogP contribution < -0.4 is 10.1 Å². The number of fused-ring (bicyclic) bond motifs is 1. The van der Waals surface area contributed by atoms with E-state index in [4.69, 9.17) is 4.74 Å². The largest absolute Gasteiger partial charge is 0.439 e. The molecule has 0 spiro atoms. The molecule has 4 aromatic rings. The summed E-state index contributed by atoms with van der Waals surface area (Å²) in [5, 5.41) is 12.0. The molecule has 2 N–H and O–H groups in total. The minimum Gasteiger partial charge on any atom is -0.439 e. The molecule has 7 nitrogen and oxygen atoms in total. The maximum atomic E-state index is 12.7. The molecular weight excluding hydrogens is 445 g/mol. The molecule has 1 aliphatic rings. The maximum absolute atomic E-state index is 12.7. The Balaban J connectivity index is 1.15. The minimum absolute atomic E-state index is 0.219. The number of ether oxygens (including phenoxy) is 1. The fourth-order valence-corrected chi connectivity index (χ4v) is 4.08. The van der Waals surface area contributed by atoms with E-state index in [0.717, 1.165) is 61.2 Å². The second-order valence-electron chi connectivity index (χ2n) is 8.26. The lowest BCUT2D eigenvalue weighted by atomic mass is 10.0. The van der Waals surface area contributed by atoms with Gasteiger partial charge in [-0.05, 0) is 43.2 Å². The Kier molecular flexibility index (Phi) is 6.06. The lowest BCUT2D eigenvalue weighted by molar-refractivity contribution is -0.137. The highest BCUT2D eigenvalue weighted by molar-refractivity contribution is 5.81. The zero-order valence-corrected chi connectivity index (χ0v) is 18.2. The molecule has 3 heterocycles. The van der Waals surface area contributed by atoms with Crippen molar-refractivity contribution in [3.63, 3.8) is 0 Å². The molecular formula is C24H23F3N6O. The van der Waals surface area contributed by atoms with Gasteiger partial charge in [-0.25, -0.2) is 4.98 Å². The predicted octanol–water partition coefficient (Wildman–Crippen LogP) is 5.24. The summed E-state index contributed by atoms with van der Waals surface area (Å²) in [5.41, 5.74) is 1.38. The van der Waals surface area contributed by atoms with Crippen molar-refractivity contribution in [3.8, 4) is 11.6 Å². The second kappa shape index (κ2) is 9.30. The standard InChI is InChI=1S/C24H23F3N6O/c25-24(26,27)16-5-7-18(8-6-16)34-22-9-12-28-23(30-22)29-17-10-13-33(14-11-17)15-21-19-3-1-2-4-20(19)31-32-21/h1-9,12,17H,10-11,13-15H2,(H,31,32)(H,28,29,30). The highest BCUT2D eigenvalue weighted by Gasteiger charge is 2.30. The number of aromatic nitrogens is 4. The summed E-state index contributed by atoms with van der Waals surface area (Å²) < 4.78 is 43.8. The number of rotatable bonds is 6. The van der Waals surface area contributed by atoms with E-state index < -0.39 is 11.7 Å². The molecule has 0 unspecified atom stereocenters. The smallest absolute Gasteiger partial charge is 0.416 e. The fraction of sp³-hybridized carbons (Fsp3) is 0.292. The molecule has 2 aromatic heterocycles. The number of halogens is 3. The van der Waals surface area contributed by atoms with Crippen LogP contribution in [0.3, 0.4) is 0 Å². The molecule has 1 saturated heterocycles. The molecule has 1 aliphatic heterocycles. The molecule has 0 bridgehead atoms. The van der Waals surface area contributed by atoms with E-state index in [1.807, 2.05) is 18.2 Å². The van der Waals surface area contributed by atoms with Gasteiger partial charge in [0.25, 0.3) is 0 Å². The summed E-state index contributed by atoms with van der Waals surface area (Å²) in [6.07, 6.45) is -0.960. The summed E-state index contributed by atoms with van der Waals surface area (Å²) in [6.45, 7) is 2.67. The molecule has 1 fully saturated rings. The average Bonchev–Trinajstić information content (AvgIpc) is 3.23. The van der Waals surface area contributed by atoms with Crippen LogP contribution in [0.1, 0.15) is 24.1 Å². The van der Waals surface area contributed by atoms with Crippen LogP contribution in [-0.2, 0) is 12.7 Å². The third-order valence-electron chi connectivity index (χ3n) is 5.88. The fourth-order valence-electron chi connectivity index (χ4n) is 4.08. The number of H-pyrrole nitrogens is 1. The molecule has 0 radical (unpaired) electrons. The number of benzene rings is 2. The summed E-state index contributed by atoms with van der Waals surface area (Å²) >= 11 is 0. The van der Waals surface area contributed by atoms with Crippen molar-refractivity contribution in [1.29, 1.82) is 0 Å². The van der Waals surface area contributed by atoms with Crippen LogP contribution in [0.15, 0.2) is 60.8 Å². The monoisotopic (exact) mass is 468 g/mol. The predicted molar refractivity (Wildman–Crippen MR) is 122 cm³/mol. The van der Waals surface area contributed by atoms with Gasteiger partial charge in [-0.1, -0.05) is 18.2 Å². The van der Waals surface area contributed by atoms with Gasteiger partial charge in [0, 0.05) is 43.3 Å². The Labute approximate surface area is 194 Å². The van der Waals surface area contributed by atoms with Gasteiger partial charge in [0.05, 0.1) is 16.8 Å². The Morgan fingerprint density at radius 3 is 2.56 bits per heavy atom. The van der Waals surface area contributed by atoms with Crippen molar-refractivity contribution < 1.29 is 17.9 Å². The molecule has 0 aliphatic carbocycles. The second-order valence-corrected chi connectivity index (χ2v) is 8.26. The highest BCUT2D eigenvalue weighted by atomic mass is 19.4. The summed E-state index contributed by atoms with van der Waals surface area (Å²) in [7, 11) is 0. The zero-order valence-electron chi connectivity index (χ0n) is 18.2. The minimum atomic E-state index is -4.38. The van der Waals surface area contributed by atoms with Crippen molar-refractivity contribution in [2.45, 2.75) is 31.6 Å². The van der Waals surface area contributed by atoms with E-state index in [2.05, 4.69) is 36.4 Å². The zero-order chi connectivity index (χ0) is 23.5. The molecule has 5 rings (SSSR count). The van der Waals surface area contributed by atoms with Crippen LogP contribution >= 0.6 is 0 Å². The Morgan fingerprint density at radius 2 is 1.79 bits per heavy atom. The molecule has 0 saturated carbocycles. The molecule has 0 amide bonds. The Morgan fingerprint density at radius 1 is 1.03 bits per heavy atom. The first-order chi connectivity index (χ1) is 16.4. The third-order valence-corrected chi connectivity index (χ3v) is 5.88. The van der Waals surface area contributed by atoms with Crippen LogP contribution in [0.2, 0.25) is 0 Å². The number of nitrogens with one attached hydrogen (secondary N) is 2. The first-order valence-electron chi connectivity index (χ1n) is 11.0. The summed E-state index contributed by atoms with van der Waals surface area (Å²) in [6, 6.07) is 14.4. The first kappa shape index (κ1) is 22.1. The van der Waals surface area contributed by atoms with Crippen molar-refractivity contribution in [2.75, 3.05) is 18.4 Å². The quantitative estimate of drug-likeness (QED) is 0.403. The summed E-state index contributed by atoms with van der Waals surface area (Å²) in [5.74, 6) is 0.973. The van der Waals surface area contributed by atoms with E-state index in [-0.39, 0.29) is 17.7 Å². The van der Waals surface area contributed by atoms with Gasteiger partial charge in [-0.15, -0.1) is 0 Å². The molecule has 34 heavy (non-hydrogen) atoms. The number of likely N-dealkylation sites (tertiary alicyclic amines) is 1. The van der Waals surface area contributed by atoms with Crippen molar-refractivity contribution >= 4 is 16.9 Å². The topological polar surface area (TPSA) is 79.0 Å². The van der Waals surface area contributed by atoms with Gasteiger partial charge in [0.1, 0.15) is 5.75 Å². The summed E-state index contributed by atoms with van der Waals surface area (Å²) in [4.78, 5) is 11.0. The number of anilines is 1. The van der Waals surface area contributed by atoms with Gasteiger partial charge >= 0.3 is 6.18 Å². The third kappa shape index (κ3) is 5.12. The SMILES string of the molecule is FC(F)(F)c1ccc(Oc2ccnc(NC3CCN(Cc4[nH]nc5ccccc45)CC3)n2)cc1. The number of para-hydroxylation sites is 1. The number of aromatic amines is 1. The van der Waals surface area contributed by atoms with E-state index >= 15 is 0 Å². The van der Waals surface area contributed by atoms with E-state index in [1.165, 1.54) is 12.1 Å². The van der Waals surface area contributed by atoms with Crippen LogP contribution in [0.4, 0.5) is 19.1 Å². The normalized spacial score (nSPS) is 15.5. The van der Waals surface area contributed by atoms with E-state index in [1.54, 1.807) is 12.3 Å². The van der Waals surface area contributed by atoms with Crippen LogP contribution in [-0.4, -0.2) is 44.2 Å². The molecule has 176 valence electrons. The number of piperidine rings is 1. The lowest BCUT2D eigenvalue weighted by Crippen LogP contribution is -2.39. The van der Waals surface area contributed by atoms with Gasteiger partial charge in [0.2, 0.25) is 11.8 Å². The molecule has 10 heteroatoms. The molecule has 2 aromatic carbocycles. The average molecular weight is 468 g/mol. The Hall–Kier alpha value is -3.66. The first-order valence-corrected chi connectivity index (χ1v) is 11.0. The van der Waals surface area contributed by atoms with Crippen LogP contribution in [0, 0.1) is 0 Å². The van der Waals surface area contributed by atoms with Gasteiger partial charge in [-0.2, -0.15) is 23.3 Å². The van der Waals surface area contributed by atoms with Gasteiger partial charge < -0.3 is 10.1 Å². The highest BCUT2D eigenvalue weighted by Crippen LogP contribution is 2.31. The van der Waals surface area contributed by atoms with Gasteiger partial charge in [0.15, 0.2) is 0 Å². The number of nitrogens with zero attached hydrogens (tertiary/aromatic N) is 4. The maximum Gasteiger partial charge on any atom is 0.416 e. The van der Waals surface area contributed by atoms with Crippen molar-refractivity contribution in [2.24, 2.45) is 0 Å². The van der Waals surface area contributed by atoms with Crippen LogP contribution in [0.5, 0.6) is 11.6 Å². The number of alkyl halides is 3. The van der Waals surface area contributed by atoms with Gasteiger partial charge in [-0.3, -0.25) is 10.00 Å².